The van der Waals surface area contributed by atoms with Crippen LogP contribution in [-0.2, 0) is 20.9 Å². The molecule has 1 unspecified atom stereocenters. The summed E-state index contributed by atoms with van der Waals surface area (Å²) in [6, 6.07) is 14.7. The van der Waals surface area contributed by atoms with Crippen molar-refractivity contribution >= 4 is 5.97 Å². The van der Waals surface area contributed by atoms with E-state index in [1.54, 1.807) is 26.2 Å². The molecule has 1 heterocycles. The molecule has 1 atom stereocenters. The molecule has 0 bridgehead atoms. The van der Waals surface area contributed by atoms with Gasteiger partial charge in [-0.05, 0) is 42.8 Å². The standard InChI is InChI=1S/C24H24N2O6/c1-14-21(24(27)30-4)22(19(12-25)23(26)32-14)15-5-6-16(20(11-15)29-3)13-31-18-9-7-17(28-2)8-10-18/h5-11,22H,13,26H2,1-4H3. The number of esters is 1. The topological polar surface area (TPSA) is 113 Å². The van der Waals surface area contributed by atoms with Crippen molar-refractivity contribution in [1.29, 1.82) is 5.26 Å². The van der Waals surface area contributed by atoms with Crippen LogP contribution in [0.4, 0.5) is 0 Å². The molecule has 3 rings (SSSR count). The Balaban J connectivity index is 1.94. The molecule has 8 nitrogen and oxygen atoms in total. The molecule has 2 aromatic carbocycles. The number of hydrogen-bond acceptors (Lipinski definition) is 8. The average Bonchev–Trinajstić information content (AvgIpc) is 2.82. The molecule has 1 aliphatic heterocycles. The Hall–Kier alpha value is -4.12. The van der Waals surface area contributed by atoms with Crippen LogP contribution in [0, 0.1) is 11.3 Å². The molecule has 0 aliphatic carbocycles. The fraction of sp³-hybridized carbons (Fsp3) is 0.250. The second-order valence-electron chi connectivity index (χ2n) is 6.92. The van der Waals surface area contributed by atoms with Gasteiger partial charge in [0.25, 0.3) is 0 Å². The van der Waals surface area contributed by atoms with Gasteiger partial charge in [0.15, 0.2) is 0 Å². The summed E-state index contributed by atoms with van der Waals surface area (Å²) < 4.78 is 26.9. The quantitative estimate of drug-likeness (QED) is 0.656. The van der Waals surface area contributed by atoms with E-state index in [0.717, 1.165) is 11.3 Å². The average molecular weight is 436 g/mol. The highest BCUT2D eigenvalue weighted by Gasteiger charge is 2.36. The highest BCUT2D eigenvalue weighted by Crippen LogP contribution is 2.41. The highest BCUT2D eigenvalue weighted by molar-refractivity contribution is 5.92. The minimum absolute atomic E-state index is 0.0477. The molecule has 2 aromatic rings. The lowest BCUT2D eigenvalue weighted by Gasteiger charge is -2.27. The number of rotatable bonds is 7. The third kappa shape index (κ3) is 4.47. The first-order chi connectivity index (χ1) is 15.4. The Bertz CT molecular complexity index is 1110. The smallest absolute Gasteiger partial charge is 0.338 e. The summed E-state index contributed by atoms with van der Waals surface area (Å²) in [4.78, 5) is 12.5. The van der Waals surface area contributed by atoms with Crippen molar-refractivity contribution in [3.05, 3.63) is 76.4 Å². The Morgan fingerprint density at radius 2 is 1.78 bits per heavy atom. The van der Waals surface area contributed by atoms with Crippen LogP contribution in [-0.4, -0.2) is 27.3 Å². The van der Waals surface area contributed by atoms with E-state index in [1.165, 1.54) is 14.2 Å². The Morgan fingerprint density at radius 3 is 2.38 bits per heavy atom. The van der Waals surface area contributed by atoms with Gasteiger partial charge < -0.3 is 29.4 Å². The van der Waals surface area contributed by atoms with Crippen molar-refractivity contribution in [2.24, 2.45) is 5.73 Å². The van der Waals surface area contributed by atoms with Crippen LogP contribution >= 0.6 is 0 Å². The van der Waals surface area contributed by atoms with Gasteiger partial charge in [0.2, 0.25) is 5.88 Å². The van der Waals surface area contributed by atoms with Gasteiger partial charge in [0.1, 0.15) is 41.3 Å². The van der Waals surface area contributed by atoms with Crippen molar-refractivity contribution in [1.82, 2.24) is 0 Å². The van der Waals surface area contributed by atoms with Crippen LogP contribution in [0.2, 0.25) is 0 Å². The summed E-state index contributed by atoms with van der Waals surface area (Å²) >= 11 is 0. The molecule has 0 saturated carbocycles. The first-order valence-corrected chi connectivity index (χ1v) is 9.73. The van der Waals surface area contributed by atoms with Crippen LogP contribution in [0.15, 0.2) is 65.3 Å². The lowest BCUT2D eigenvalue weighted by Crippen LogP contribution is -2.25. The predicted octanol–water partition coefficient (Wildman–Crippen LogP) is 3.54. The summed E-state index contributed by atoms with van der Waals surface area (Å²) in [6.45, 7) is 1.86. The number of carbonyl (C=O) groups excluding carboxylic acids is 1. The largest absolute Gasteiger partial charge is 0.497 e. The Morgan fingerprint density at radius 1 is 1.09 bits per heavy atom. The van der Waals surface area contributed by atoms with Crippen LogP contribution in [0.25, 0.3) is 0 Å². The SMILES string of the molecule is COC(=O)C1=C(C)OC(N)=C(C#N)C1c1ccc(COc2ccc(OC)cc2)c(OC)c1. The van der Waals surface area contributed by atoms with Gasteiger partial charge in [-0.1, -0.05) is 12.1 Å². The molecule has 166 valence electrons. The van der Waals surface area contributed by atoms with E-state index in [-0.39, 0.29) is 29.4 Å². The third-order valence-corrected chi connectivity index (χ3v) is 5.11. The summed E-state index contributed by atoms with van der Waals surface area (Å²) in [5, 5.41) is 9.68. The van der Waals surface area contributed by atoms with Crippen molar-refractivity contribution in [3.63, 3.8) is 0 Å². The summed E-state index contributed by atoms with van der Waals surface area (Å²) in [6.07, 6.45) is 0. The minimum Gasteiger partial charge on any atom is -0.497 e. The van der Waals surface area contributed by atoms with Gasteiger partial charge in [0, 0.05) is 5.56 Å². The van der Waals surface area contributed by atoms with E-state index < -0.39 is 11.9 Å². The molecule has 8 heteroatoms. The van der Waals surface area contributed by atoms with E-state index >= 15 is 0 Å². The molecular weight excluding hydrogens is 412 g/mol. The molecule has 0 spiro atoms. The summed E-state index contributed by atoms with van der Waals surface area (Å²) in [5.74, 6) is 0.847. The number of ether oxygens (including phenoxy) is 5. The van der Waals surface area contributed by atoms with Crippen LogP contribution < -0.4 is 19.9 Å². The van der Waals surface area contributed by atoms with Gasteiger partial charge in [-0.2, -0.15) is 5.26 Å². The van der Waals surface area contributed by atoms with Crippen molar-refractivity contribution in [2.75, 3.05) is 21.3 Å². The fourth-order valence-corrected chi connectivity index (χ4v) is 3.48. The molecule has 0 amide bonds. The van der Waals surface area contributed by atoms with E-state index in [2.05, 4.69) is 6.07 Å². The maximum absolute atomic E-state index is 12.5. The maximum atomic E-state index is 12.5. The number of benzene rings is 2. The highest BCUT2D eigenvalue weighted by atomic mass is 16.5. The molecular formula is C24H24N2O6. The number of nitrogens with zero attached hydrogens (tertiary/aromatic N) is 1. The molecule has 2 N–H and O–H groups in total. The predicted molar refractivity (Wildman–Crippen MR) is 116 cm³/mol. The summed E-state index contributed by atoms with van der Waals surface area (Å²) in [5.41, 5.74) is 7.69. The molecule has 32 heavy (non-hydrogen) atoms. The first-order valence-electron chi connectivity index (χ1n) is 9.73. The molecule has 0 aromatic heterocycles. The van der Waals surface area contributed by atoms with Crippen molar-refractivity contribution < 1.29 is 28.5 Å². The zero-order valence-corrected chi connectivity index (χ0v) is 18.3. The number of nitrogens with two attached hydrogens (primary N) is 1. The van der Waals surface area contributed by atoms with Crippen molar-refractivity contribution in [3.8, 4) is 23.3 Å². The number of allylic oxidation sites excluding steroid dienone is 2. The van der Waals surface area contributed by atoms with Crippen LogP contribution in [0.5, 0.6) is 17.2 Å². The minimum atomic E-state index is -0.744. The van der Waals surface area contributed by atoms with E-state index in [0.29, 0.717) is 17.1 Å². The van der Waals surface area contributed by atoms with Gasteiger partial charge in [-0.15, -0.1) is 0 Å². The van der Waals surface area contributed by atoms with Gasteiger partial charge >= 0.3 is 5.97 Å². The molecule has 0 saturated heterocycles. The zero-order valence-electron chi connectivity index (χ0n) is 18.3. The van der Waals surface area contributed by atoms with Crippen molar-refractivity contribution in [2.45, 2.75) is 19.4 Å². The van der Waals surface area contributed by atoms with Crippen LogP contribution in [0.3, 0.4) is 0 Å². The van der Waals surface area contributed by atoms with E-state index in [1.807, 2.05) is 30.3 Å². The number of nitriles is 1. The van der Waals surface area contributed by atoms with Gasteiger partial charge in [-0.25, -0.2) is 4.79 Å². The molecule has 0 radical (unpaired) electrons. The van der Waals surface area contributed by atoms with Gasteiger partial charge in [-0.3, -0.25) is 0 Å². The fourth-order valence-electron chi connectivity index (χ4n) is 3.48. The molecule has 0 fully saturated rings. The number of hydrogen-bond donors (Lipinski definition) is 1. The Labute approximate surface area is 186 Å². The number of methoxy groups -OCH3 is 3. The molecule has 1 aliphatic rings. The second kappa shape index (κ2) is 9.79. The second-order valence-corrected chi connectivity index (χ2v) is 6.92. The monoisotopic (exact) mass is 436 g/mol. The zero-order chi connectivity index (χ0) is 23.3. The maximum Gasteiger partial charge on any atom is 0.338 e. The first kappa shape index (κ1) is 22.6. The summed E-state index contributed by atoms with van der Waals surface area (Å²) in [7, 11) is 4.41. The van der Waals surface area contributed by atoms with E-state index in [9.17, 15) is 10.1 Å². The lowest BCUT2D eigenvalue weighted by atomic mass is 9.82. The van der Waals surface area contributed by atoms with Crippen LogP contribution in [0.1, 0.15) is 24.0 Å². The lowest BCUT2D eigenvalue weighted by molar-refractivity contribution is -0.136. The number of carbonyl (C=O) groups is 1. The normalized spacial score (nSPS) is 15.5. The third-order valence-electron chi connectivity index (χ3n) is 5.11. The van der Waals surface area contributed by atoms with E-state index in [4.69, 9.17) is 29.4 Å². The van der Waals surface area contributed by atoms with Gasteiger partial charge in [0.05, 0.1) is 32.8 Å². The Kier molecular flexibility index (Phi) is 6.90.